The SMILES string of the molecule is CSC1CCC(NC2CCNC2=O)C1. The van der Waals surface area contributed by atoms with E-state index >= 15 is 0 Å². The Morgan fingerprint density at radius 3 is 2.86 bits per heavy atom. The molecule has 3 nitrogen and oxygen atoms in total. The maximum atomic E-state index is 11.3. The standard InChI is InChI=1S/C10H18N2OS/c1-14-8-3-2-7(6-8)12-9-4-5-11-10(9)13/h7-9,12H,2-6H2,1H3,(H,11,13). The van der Waals surface area contributed by atoms with Crippen molar-refractivity contribution >= 4 is 17.7 Å². The molecular formula is C10H18N2OS. The highest BCUT2D eigenvalue weighted by Crippen LogP contribution is 2.28. The minimum absolute atomic E-state index is 0.0839. The van der Waals surface area contributed by atoms with Gasteiger partial charge in [-0.25, -0.2) is 0 Å². The van der Waals surface area contributed by atoms with E-state index in [1.807, 2.05) is 11.8 Å². The predicted octanol–water partition coefficient (Wildman–Crippen LogP) is 0.749. The highest BCUT2D eigenvalue weighted by Gasteiger charge is 2.30. The first-order valence-corrected chi connectivity index (χ1v) is 6.65. The molecule has 0 aromatic heterocycles. The maximum Gasteiger partial charge on any atom is 0.237 e. The minimum Gasteiger partial charge on any atom is -0.355 e. The van der Waals surface area contributed by atoms with E-state index in [9.17, 15) is 4.79 Å². The molecule has 0 aromatic carbocycles. The third-order valence-corrected chi connectivity index (χ3v) is 4.30. The van der Waals surface area contributed by atoms with Gasteiger partial charge in [0.2, 0.25) is 5.91 Å². The molecule has 3 atom stereocenters. The molecule has 1 saturated carbocycles. The highest BCUT2D eigenvalue weighted by atomic mass is 32.2. The molecule has 3 unspecified atom stereocenters. The number of carbonyl (C=O) groups excluding carboxylic acids is 1. The molecule has 2 rings (SSSR count). The van der Waals surface area contributed by atoms with Crippen LogP contribution in [0.15, 0.2) is 0 Å². The zero-order valence-corrected chi connectivity index (χ0v) is 9.40. The van der Waals surface area contributed by atoms with Gasteiger partial charge in [-0.1, -0.05) is 0 Å². The van der Waals surface area contributed by atoms with Gasteiger partial charge in [-0.15, -0.1) is 0 Å². The van der Waals surface area contributed by atoms with E-state index < -0.39 is 0 Å². The van der Waals surface area contributed by atoms with Crippen LogP contribution < -0.4 is 10.6 Å². The Hall–Kier alpha value is -0.220. The average Bonchev–Trinajstić information content (AvgIpc) is 2.77. The molecule has 1 aliphatic carbocycles. The molecule has 1 saturated heterocycles. The largest absolute Gasteiger partial charge is 0.355 e. The number of nitrogens with one attached hydrogen (secondary N) is 2. The Balaban J connectivity index is 1.78. The molecule has 0 spiro atoms. The number of amides is 1. The Morgan fingerprint density at radius 1 is 1.43 bits per heavy atom. The molecule has 2 fully saturated rings. The molecule has 4 heteroatoms. The van der Waals surface area contributed by atoms with Crippen molar-refractivity contribution in [3.63, 3.8) is 0 Å². The predicted molar refractivity (Wildman–Crippen MR) is 59.5 cm³/mol. The zero-order chi connectivity index (χ0) is 9.97. The second kappa shape index (κ2) is 4.53. The van der Waals surface area contributed by atoms with Gasteiger partial charge in [-0.05, 0) is 31.9 Å². The van der Waals surface area contributed by atoms with Crippen molar-refractivity contribution < 1.29 is 4.79 Å². The van der Waals surface area contributed by atoms with E-state index in [1.165, 1.54) is 19.3 Å². The van der Waals surface area contributed by atoms with E-state index in [-0.39, 0.29) is 11.9 Å². The molecule has 1 aliphatic heterocycles. The molecule has 1 amide bonds. The Labute approximate surface area is 89.4 Å². The third kappa shape index (κ3) is 2.23. The van der Waals surface area contributed by atoms with Crippen LogP contribution in [0.1, 0.15) is 25.7 Å². The molecule has 0 radical (unpaired) electrons. The summed E-state index contributed by atoms with van der Waals surface area (Å²) in [5.41, 5.74) is 0. The number of thioether (sulfide) groups is 1. The van der Waals surface area contributed by atoms with Crippen LogP contribution in [0.2, 0.25) is 0 Å². The molecule has 80 valence electrons. The summed E-state index contributed by atoms with van der Waals surface area (Å²) in [4.78, 5) is 11.3. The van der Waals surface area contributed by atoms with Crippen LogP contribution >= 0.6 is 11.8 Å². The van der Waals surface area contributed by atoms with E-state index in [4.69, 9.17) is 0 Å². The summed E-state index contributed by atoms with van der Waals surface area (Å²) >= 11 is 1.95. The van der Waals surface area contributed by atoms with Crippen molar-refractivity contribution in [2.24, 2.45) is 0 Å². The van der Waals surface area contributed by atoms with Gasteiger partial charge in [0.15, 0.2) is 0 Å². The number of rotatable bonds is 3. The molecule has 2 aliphatic rings. The van der Waals surface area contributed by atoms with Crippen molar-refractivity contribution in [2.75, 3.05) is 12.8 Å². The number of carbonyl (C=O) groups is 1. The van der Waals surface area contributed by atoms with Crippen LogP contribution in [-0.4, -0.2) is 36.0 Å². The van der Waals surface area contributed by atoms with Crippen molar-refractivity contribution in [1.82, 2.24) is 10.6 Å². The lowest BCUT2D eigenvalue weighted by atomic mass is 10.2. The Bertz CT molecular complexity index is 222. The fraction of sp³-hybridized carbons (Fsp3) is 0.900. The van der Waals surface area contributed by atoms with Crippen LogP contribution in [0.3, 0.4) is 0 Å². The lowest BCUT2D eigenvalue weighted by Crippen LogP contribution is -2.41. The first-order chi connectivity index (χ1) is 6.79. The van der Waals surface area contributed by atoms with Crippen LogP contribution in [0.5, 0.6) is 0 Å². The second-order valence-electron chi connectivity index (χ2n) is 4.17. The third-order valence-electron chi connectivity index (χ3n) is 3.20. The van der Waals surface area contributed by atoms with E-state index in [0.717, 1.165) is 18.2 Å². The summed E-state index contributed by atoms with van der Waals surface area (Å²) < 4.78 is 0. The summed E-state index contributed by atoms with van der Waals surface area (Å²) in [6.45, 7) is 0.842. The van der Waals surface area contributed by atoms with Gasteiger partial charge < -0.3 is 10.6 Å². The van der Waals surface area contributed by atoms with Gasteiger partial charge in [-0.3, -0.25) is 4.79 Å². The summed E-state index contributed by atoms with van der Waals surface area (Å²) in [5.74, 6) is 0.192. The quantitative estimate of drug-likeness (QED) is 0.728. The molecular weight excluding hydrogens is 196 g/mol. The van der Waals surface area contributed by atoms with Crippen molar-refractivity contribution in [1.29, 1.82) is 0 Å². The lowest BCUT2D eigenvalue weighted by molar-refractivity contribution is -0.121. The first-order valence-electron chi connectivity index (χ1n) is 5.36. The summed E-state index contributed by atoms with van der Waals surface area (Å²) in [5, 5.41) is 7.13. The van der Waals surface area contributed by atoms with Crippen molar-refractivity contribution in [3.8, 4) is 0 Å². The van der Waals surface area contributed by atoms with Crippen LogP contribution in [0, 0.1) is 0 Å². The lowest BCUT2D eigenvalue weighted by Gasteiger charge is -2.16. The number of hydrogen-bond acceptors (Lipinski definition) is 3. The van der Waals surface area contributed by atoms with E-state index in [2.05, 4.69) is 16.9 Å². The molecule has 1 heterocycles. The van der Waals surface area contributed by atoms with Crippen LogP contribution in [0.4, 0.5) is 0 Å². The summed E-state index contributed by atoms with van der Waals surface area (Å²) in [6, 6.07) is 0.655. The average molecular weight is 214 g/mol. The molecule has 14 heavy (non-hydrogen) atoms. The fourth-order valence-electron chi connectivity index (χ4n) is 2.34. The Kier molecular flexibility index (Phi) is 3.34. The minimum atomic E-state index is 0.0839. The topological polar surface area (TPSA) is 41.1 Å². The van der Waals surface area contributed by atoms with Gasteiger partial charge in [0.25, 0.3) is 0 Å². The van der Waals surface area contributed by atoms with Gasteiger partial charge in [0.1, 0.15) is 0 Å². The Morgan fingerprint density at radius 2 is 2.29 bits per heavy atom. The zero-order valence-electron chi connectivity index (χ0n) is 8.58. The van der Waals surface area contributed by atoms with Gasteiger partial charge in [0, 0.05) is 17.8 Å². The van der Waals surface area contributed by atoms with E-state index in [0.29, 0.717) is 6.04 Å². The maximum absolute atomic E-state index is 11.3. The monoisotopic (exact) mass is 214 g/mol. The summed E-state index contributed by atoms with van der Waals surface area (Å²) in [7, 11) is 0. The van der Waals surface area contributed by atoms with Crippen LogP contribution in [0.25, 0.3) is 0 Å². The normalized spacial score (nSPS) is 37.5. The van der Waals surface area contributed by atoms with Gasteiger partial charge in [0.05, 0.1) is 6.04 Å². The molecule has 0 aromatic rings. The first kappa shape index (κ1) is 10.3. The highest BCUT2D eigenvalue weighted by molar-refractivity contribution is 7.99. The van der Waals surface area contributed by atoms with E-state index in [1.54, 1.807) is 0 Å². The summed E-state index contributed by atoms with van der Waals surface area (Å²) in [6.07, 6.45) is 6.89. The molecule has 0 bridgehead atoms. The van der Waals surface area contributed by atoms with Crippen LogP contribution in [-0.2, 0) is 4.79 Å². The number of hydrogen-bond donors (Lipinski definition) is 2. The molecule has 2 N–H and O–H groups in total. The fourth-order valence-corrected chi connectivity index (χ4v) is 3.14. The second-order valence-corrected chi connectivity index (χ2v) is 5.30. The smallest absolute Gasteiger partial charge is 0.237 e. The van der Waals surface area contributed by atoms with Crippen molar-refractivity contribution in [2.45, 2.75) is 43.0 Å². The van der Waals surface area contributed by atoms with Crippen molar-refractivity contribution in [3.05, 3.63) is 0 Å². The van der Waals surface area contributed by atoms with Gasteiger partial charge >= 0.3 is 0 Å². The van der Waals surface area contributed by atoms with Gasteiger partial charge in [-0.2, -0.15) is 11.8 Å².